The largest absolute Gasteiger partial charge is 0.456 e. The molecule has 0 unspecified atom stereocenters. The molecule has 0 amide bonds. The van der Waals surface area contributed by atoms with Crippen molar-refractivity contribution in [2.45, 2.75) is 4.90 Å². The van der Waals surface area contributed by atoms with Gasteiger partial charge in [0.25, 0.3) is 0 Å². The number of benzene rings is 4. The smallest absolute Gasteiger partial charge is 0.413 e. The Hall–Kier alpha value is -2.91. The Morgan fingerprint density at radius 1 is 0.688 bits per heavy atom. The molecule has 160 valence electrons. The van der Waals surface area contributed by atoms with Gasteiger partial charge in [0.15, 0.2) is 0 Å². The highest BCUT2D eigenvalue weighted by atomic mass is 35.5. The summed E-state index contributed by atoms with van der Waals surface area (Å²) in [6, 6.07) is 35.3. The van der Waals surface area contributed by atoms with E-state index >= 15 is 0 Å². The number of hydrogen-bond donors (Lipinski definition) is 0. The van der Waals surface area contributed by atoms with Crippen molar-refractivity contribution in [1.29, 1.82) is 0 Å². The molecule has 0 saturated carbocycles. The summed E-state index contributed by atoms with van der Waals surface area (Å²) in [7, 11) is -3.75. The van der Waals surface area contributed by atoms with E-state index in [9.17, 15) is 4.57 Å². The van der Waals surface area contributed by atoms with Crippen molar-refractivity contribution in [3.05, 3.63) is 132 Å². The van der Waals surface area contributed by atoms with Crippen molar-refractivity contribution in [2.24, 2.45) is 0 Å². The molecule has 0 atom stereocenters. The van der Waals surface area contributed by atoms with Gasteiger partial charge in [0, 0.05) is 14.8 Å². The first-order valence-electron chi connectivity index (χ1n) is 9.90. The zero-order chi connectivity index (χ0) is 22.2. The third-order valence-corrected chi connectivity index (χ3v) is 7.34. The van der Waals surface area contributed by atoms with Gasteiger partial charge in [-0.1, -0.05) is 90.1 Å². The molecule has 0 saturated heterocycles. The molecule has 0 aliphatic carbocycles. The topological polar surface area (TPSA) is 35.5 Å². The number of thioether (sulfide) groups is 1. The van der Waals surface area contributed by atoms with Crippen LogP contribution in [0.25, 0.3) is 4.91 Å². The van der Waals surface area contributed by atoms with Crippen LogP contribution in [0.15, 0.2) is 126 Å². The first kappa shape index (κ1) is 22.3. The molecular weight excluding hydrogens is 459 g/mol. The molecule has 32 heavy (non-hydrogen) atoms. The molecule has 0 radical (unpaired) electrons. The quantitative estimate of drug-likeness (QED) is 0.187. The maximum Gasteiger partial charge on any atom is 0.456 e. The highest BCUT2D eigenvalue weighted by Gasteiger charge is 2.27. The highest BCUT2D eigenvalue weighted by Crippen LogP contribution is 2.54. The van der Waals surface area contributed by atoms with Gasteiger partial charge in [0.05, 0.1) is 5.82 Å². The second kappa shape index (κ2) is 10.6. The molecule has 0 N–H and O–H groups in total. The minimum atomic E-state index is -3.75. The van der Waals surface area contributed by atoms with Crippen LogP contribution in [0, 0.1) is 0 Å². The van der Waals surface area contributed by atoms with E-state index < -0.39 is 7.60 Å². The van der Waals surface area contributed by atoms with Crippen LogP contribution in [0.3, 0.4) is 0 Å². The predicted molar refractivity (Wildman–Crippen MR) is 133 cm³/mol. The Bertz CT molecular complexity index is 1170. The molecule has 0 aliphatic heterocycles. The SMILES string of the molecule is O=P(/C=C(\Sc1ccccc1)c1ccc(Cl)cc1)(Oc1ccccc1)Oc1ccccc1. The van der Waals surface area contributed by atoms with Crippen LogP contribution in [0.4, 0.5) is 0 Å². The predicted octanol–water partition coefficient (Wildman–Crippen LogP) is 8.78. The third kappa shape index (κ3) is 6.30. The van der Waals surface area contributed by atoms with Crippen LogP contribution in [-0.4, -0.2) is 0 Å². The average Bonchev–Trinajstić information content (AvgIpc) is 2.81. The maximum absolute atomic E-state index is 14.0. The van der Waals surface area contributed by atoms with E-state index in [1.54, 1.807) is 42.2 Å². The number of halogens is 1. The molecule has 3 nitrogen and oxygen atoms in total. The minimum absolute atomic E-state index is 0.461. The summed E-state index contributed by atoms with van der Waals surface area (Å²) in [6.07, 6.45) is 0. The van der Waals surface area contributed by atoms with E-state index in [-0.39, 0.29) is 0 Å². The normalized spacial score (nSPS) is 11.7. The second-order valence-electron chi connectivity index (χ2n) is 6.76. The molecular formula is C26H20ClO3PS. The Kier molecular flexibility index (Phi) is 7.39. The zero-order valence-electron chi connectivity index (χ0n) is 17.0. The lowest BCUT2D eigenvalue weighted by Crippen LogP contribution is -1.99. The molecule has 0 heterocycles. The van der Waals surface area contributed by atoms with Gasteiger partial charge >= 0.3 is 7.60 Å². The van der Waals surface area contributed by atoms with E-state index in [0.717, 1.165) is 15.4 Å². The van der Waals surface area contributed by atoms with Gasteiger partial charge in [-0.2, -0.15) is 0 Å². The van der Waals surface area contributed by atoms with Crippen molar-refractivity contribution < 1.29 is 13.6 Å². The Labute approximate surface area is 197 Å². The summed E-state index contributed by atoms with van der Waals surface area (Å²) in [6.45, 7) is 0. The molecule has 0 aliphatic rings. The fraction of sp³-hybridized carbons (Fsp3) is 0. The fourth-order valence-electron chi connectivity index (χ4n) is 2.86. The average molecular weight is 479 g/mol. The maximum atomic E-state index is 14.0. The summed E-state index contributed by atoms with van der Waals surface area (Å²) < 4.78 is 25.9. The minimum Gasteiger partial charge on any atom is -0.413 e. The third-order valence-electron chi connectivity index (χ3n) is 4.33. The van der Waals surface area contributed by atoms with Crippen LogP contribution in [0.5, 0.6) is 11.5 Å². The van der Waals surface area contributed by atoms with Crippen LogP contribution >= 0.6 is 31.0 Å². The molecule has 4 aromatic carbocycles. The van der Waals surface area contributed by atoms with Gasteiger partial charge in [-0.25, -0.2) is 4.57 Å². The number of hydrogen-bond acceptors (Lipinski definition) is 4. The number of rotatable bonds is 8. The highest BCUT2D eigenvalue weighted by molar-refractivity contribution is 8.08. The van der Waals surface area contributed by atoms with Crippen molar-refractivity contribution in [3.8, 4) is 11.5 Å². The van der Waals surface area contributed by atoms with E-state index in [4.69, 9.17) is 20.6 Å². The summed E-state index contributed by atoms with van der Waals surface area (Å²) in [5, 5.41) is 0.627. The van der Waals surface area contributed by atoms with Gasteiger partial charge in [0.2, 0.25) is 0 Å². The lowest BCUT2D eigenvalue weighted by Gasteiger charge is -2.19. The molecule has 6 heteroatoms. The molecule has 4 aromatic rings. The zero-order valence-corrected chi connectivity index (χ0v) is 19.5. The molecule has 0 aromatic heterocycles. The van der Waals surface area contributed by atoms with Gasteiger partial charge < -0.3 is 9.05 Å². The van der Waals surface area contributed by atoms with E-state index in [1.807, 2.05) is 78.9 Å². The number of para-hydroxylation sites is 2. The van der Waals surface area contributed by atoms with Crippen LogP contribution in [0.2, 0.25) is 5.02 Å². The Morgan fingerprint density at radius 3 is 1.66 bits per heavy atom. The lowest BCUT2D eigenvalue weighted by atomic mass is 10.2. The van der Waals surface area contributed by atoms with Crippen LogP contribution in [-0.2, 0) is 4.57 Å². The van der Waals surface area contributed by atoms with Crippen LogP contribution in [0.1, 0.15) is 5.56 Å². The van der Waals surface area contributed by atoms with E-state index in [0.29, 0.717) is 16.5 Å². The fourth-order valence-corrected chi connectivity index (χ4v) is 5.80. The van der Waals surface area contributed by atoms with Gasteiger partial charge in [-0.15, -0.1) is 0 Å². The summed E-state index contributed by atoms with van der Waals surface area (Å²) in [5.74, 6) is 2.50. The van der Waals surface area contributed by atoms with Crippen molar-refractivity contribution in [1.82, 2.24) is 0 Å². The van der Waals surface area contributed by atoms with Gasteiger partial charge in [0.1, 0.15) is 11.5 Å². The lowest BCUT2D eigenvalue weighted by molar-refractivity contribution is 0.398. The Balaban J connectivity index is 1.77. The molecule has 0 bridgehead atoms. The van der Waals surface area contributed by atoms with Gasteiger partial charge in [-0.3, -0.25) is 0 Å². The summed E-state index contributed by atoms with van der Waals surface area (Å²) in [4.78, 5) is 1.74. The molecule has 0 spiro atoms. The van der Waals surface area contributed by atoms with Gasteiger partial charge in [-0.05, 0) is 54.1 Å². The van der Waals surface area contributed by atoms with E-state index in [1.165, 1.54) is 11.8 Å². The second-order valence-corrected chi connectivity index (χ2v) is 10.0. The van der Waals surface area contributed by atoms with Crippen molar-refractivity contribution >= 4 is 35.9 Å². The van der Waals surface area contributed by atoms with E-state index in [2.05, 4.69) is 0 Å². The molecule has 0 fully saturated rings. The summed E-state index contributed by atoms with van der Waals surface area (Å²) >= 11 is 7.58. The van der Waals surface area contributed by atoms with Crippen molar-refractivity contribution in [2.75, 3.05) is 0 Å². The standard InChI is InChI=1S/C26H20ClO3PS/c27-22-18-16-21(17-19-22)26(32-25-14-8-3-9-15-25)20-31(28,29-23-10-4-1-5-11-23)30-24-12-6-2-7-13-24/h1-20H/b26-20-. The first-order valence-corrected chi connectivity index (χ1v) is 12.7. The molecule has 4 rings (SSSR count). The Morgan fingerprint density at radius 2 is 1.16 bits per heavy atom. The van der Waals surface area contributed by atoms with Crippen LogP contribution < -0.4 is 9.05 Å². The monoisotopic (exact) mass is 478 g/mol. The van der Waals surface area contributed by atoms with Crippen molar-refractivity contribution in [3.63, 3.8) is 0 Å². The first-order chi connectivity index (χ1) is 15.6. The summed E-state index contributed by atoms with van der Waals surface area (Å²) in [5.41, 5.74) is 0.858.